The molecule has 0 bridgehead atoms. The third-order valence-corrected chi connectivity index (χ3v) is 3.91. The van der Waals surface area contributed by atoms with Gasteiger partial charge in [0.2, 0.25) is 0 Å². The highest BCUT2D eigenvalue weighted by Crippen LogP contribution is 2.31. The summed E-state index contributed by atoms with van der Waals surface area (Å²) in [4.78, 5) is 10.3. The van der Waals surface area contributed by atoms with Gasteiger partial charge in [-0.25, -0.2) is 0 Å². The minimum absolute atomic E-state index is 0.325. The van der Waals surface area contributed by atoms with Crippen molar-refractivity contribution >= 4 is 5.97 Å². The second-order valence-corrected chi connectivity index (χ2v) is 5.76. The molecule has 1 saturated heterocycles. The molecule has 1 heterocycles. The van der Waals surface area contributed by atoms with E-state index in [2.05, 4.69) is 6.92 Å². The van der Waals surface area contributed by atoms with E-state index in [1.54, 1.807) is 0 Å². The fourth-order valence-corrected chi connectivity index (χ4v) is 2.61. The van der Waals surface area contributed by atoms with E-state index in [4.69, 9.17) is 9.84 Å². The van der Waals surface area contributed by atoms with Crippen molar-refractivity contribution in [3.05, 3.63) is 0 Å². The van der Waals surface area contributed by atoms with Gasteiger partial charge in [0.05, 0.1) is 12.2 Å². The maximum Gasteiger partial charge on any atom is 0.303 e. The molecule has 0 aromatic carbocycles. The molecule has 0 unspecified atom stereocenters. The fraction of sp³-hybridized carbons (Fsp3) is 0.938. The molecule has 1 fully saturated rings. The van der Waals surface area contributed by atoms with E-state index in [0.717, 1.165) is 12.8 Å². The van der Waals surface area contributed by atoms with E-state index in [9.17, 15) is 4.79 Å². The summed E-state index contributed by atoms with van der Waals surface area (Å²) in [6.45, 7) is 2.24. The predicted molar refractivity (Wildman–Crippen MR) is 77.4 cm³/mol. The molecule has 0 aliphatic carbocycles. The molecular weight excluding hydrogens is 240 g/mol. The summed E-state index contributed by atoms with van der Waals surface area (Å²) in [5.74, 6) is -0.669. The zero-order valence-electron chi connectivity index (χ0n) is 12.4. The number of rotatable bonds is 13. The molecule has 3 nitrogen and oxygen atoms in total. The van der Waals surface area contributed by atoms with E-state index in [1.165, 1.54) is 57.8 Å². The number of aliphatic carboxylic acids is 1. The van der Waals surface area contributed by atoms with Crippen molar-refractivity contribution < 1.29 is 14.6 Å². The summed E-state index contributed by atoms with van der Waals surface area (Å²) >= 11 is 0. The Morgan fingerprint density at radius 1 is 0.895 bits per heavy atom. The van der Waals surface area contributed by atoms with Gasteiger partial charge in [0, 0.05) is 6.42 Å². The lowest BCUT2D eigenvalue weighted by molar-refractivity contribution is -0.137. The lowest BCUT2D eigenvalue weighted by Gasteiger charge is -1.99. The molecule has 0 aromatic rings. The molecule has 0 spiro atoms. The quantitative estimate of drug-likeness (QED) is 0.395. The molecule has 1 rings (SSSR count). The van der Waals surface area contributed by atoms with Gasteiger partial charge in [-0.1, -0.05) is 58.3 Å². The Kier molecular flexibility index (Phi) is 8.89. The first-order chi connectivity index (χ1) is 9.24. The number of hydrogen-bond donors (Lipinski definition) is 1. The van der Waals surface area contributed by atoms with E-state index in [-0.39, 0.29) is 0 Å². The lowest BCUT2D eigenvalue weighted by Crippen LogP contribution is -1.95. The molecule has 0 saturated carbocycles. The molecule has 0 radical (unpaired) electrons. The average molecular weight is 270 g/mol. The Morgan fingerprint density at radius 3 is 2.00 bits per heavy atom. The van der Waals surface area contributed by atoms with Crippen LogP contribution in [0.15, 0.2) is 0 Å². The summed E-state index contributed by atoms with van der Waals surface area (Å²) in [7, 11) is 0. The summed E-state index contributed by atoms with van der Waals surface area (Å²) in [6.07, 6.45) is 14.7. The van der Waals surface area contributed by atoms with Crippen molar-refractivity contribution in [3.63, 3.8) is 0 Å². The van der Waals surface area contributed by atoms with Crippen molar-refractivity contribution in [1.82, 2.24) is 0 Å². The van der Waals surface area contributed by atoms with Gasteiger partial charge in [-0.2, -0.15) is 0 Å². The first-order valence-corrected chi connectivity index (χ1v) is 8.11. The van der Waals surface area contributed by atoms with Crippen molar-refractivity contribution in [2.45, 2.75) is 96.2 Å². The number of ether oxygens (including phenoxy) is 1. The van der Waals surface area contributed by atoms with Crippen LogP contribution in [0.2, 0.25) is 0 Å². The minimum atomic E-state index is -0.669. The fourth-order valence-electron chi connectivity index (χ4n) is 2.61. The van der Waals surface area contributed by atoms with Gasteiger partial charge in [0.25, 0.3) is 0 Å². The summed E-state index contributed by atoms with van der Waals surface area (Å²) < 4.78 is 5.68. The van der Waals surface area contributed by atoms with Crippen LogP contribution in [0, 0.1) is 0 Å². The van der Waals surface area contributed by atoms with Crippen LogP contribution in [-0.4, -0.2) is 23.3 Å². The number of epoxide rings is 1. The molecular formula is C16H30O3. The van der Waals surface area contributed by atoms with E-state index >= 15 is 0 Å². The van der Waals surface area contributed by atoms with Crippen molar-refractivity contribution in [1.29, 1.82) is 0 Å². The van der Waals surface area contributed by atoms with Crippen LogP contribution in [0.4, 0.5) is 0 Å². The van der Waals surface area contributed by atoms with E-state index in [0.29, 0.717) is 18.6 Å². The highest BCUT2D eigenvalue weighted by atomic mass is 16.6. The highest BCUT2D eigenvalue weighted by molar-refractivity contribution is 5.66. The molecule has 3 heteroatoms. The van der Waals surface area contributed by atoms with Gasteiger partial charge >= 0.3 is 5.97 Å². The standard InChI is InChI=1S/C16H30O3/c1-2-3-4-8-11-14-15(19-14)12-9-6-5-7-10-13-16(17)18/h14-15H,2-13H2,1H3,(H,17,18)/t14-,15+/m0/s1. The summed E-state index contributed by atoms with van der Waals surface area (Å²) in [5, 5.41) is 8.51. The Labute approximate surface area is 117 Å². The van der Waals surface area contributed by atoms with E-state index < -0.39 is 5.97 Å². The van der Waals surface area contributed by atoms with Gasteiger partial charge in [0.15, 0.2) is 0 Å². The first-order valence-electron chi connectivity index (χ1n) is 8.11. The molecule has 0 aromatic heterocycles. The third kappa shape index (κ3) is 9.04. The smallest absolute Gasteiger partial charge is 0.303 e. The highest BCUT2D eigenvalue weighted by Gasteiger charge is 2.36. The van der Waals surface area contributed by atoms with Gasteiger partial charge in [-0.05, 0) is 19.3 Å². The predicted octanol–water partition coefficient (Wildman–Crippen LogP) is 4.54. The van der Waals surface area contributed by atoms with Crippen LogP contribution >= 0.6 is 0 Å². The van der Waals surface area contributed by atoms with Gasteiger partial charge in [-0.15, -0.1) is 0 Å². The Bertz CT molecular complexity index is 240. The number of unbranched alkanes of at least 4 members (excludes halogenated alkanes) is 7. The zero-order chi connectivity index (χ0) is 13.9. The van der Waals surface area contributed by atoms with Crippen LogP contribution in [0.1, 0.15) is 84.0 Å². The largest absolute Gasteiger partial charge is 0.481 e. The zero-order valence-corrected chi connectivity index (χ0v) is 12.4. The van der Waals surface area contributed by atoms with Crippen LogP contribution in [0.25, 0.3) is 0 Å². The van der Waals surface area contributed by atoms with Crippen LogP contribution < -0.4 is 0 Å². The van der Waals surface area contributed by atoms with Crippen LogP contribution in [-0.2, 0) is 9.53 Å². The van der Waals surface area contributed by atoms with Crippen molar-refractivity contribution in [3.8, 4) is 0 Å². The van der Waals surface area contributed by atoms with Gasteiger partial charge in [-0.3, -0.25) is 4.79 Å². The molecule has 0 amide bonds. The topological polar surface area (TPSA) is 49.8 Å². The molecule has 1 aliphatic rings. The second kappa shape index (κ2) is 10.2. The second-order valence-electron chi connectivity index (χ2n) is 5.76. The van der Waals surface area contributed by atoms with Crippen molar-refractivity contribution in [2.24, 2.45) is 0 Å². The molecule has 112 valence electrons. The molecule has 1 aliphatic heterocycles. The Balaban J connectivity index is 1.78. The molecule has 1 N–H and O–H groups in total. The Hall–Kier alpha value is -0.570. The summed E-state index contributed by atoms with van der Waals surface area (Å²) in [5.41, 5.74) is 0. The minimum Gasteiger partial charge on any atom is -0.481 e. The van der Waals surface area contributed by atoms with Crippen molar-refractivity contribution in [2.75, 3.05) is 0 Å². The monoisotopic (exact) mass is 270 g/mol. The maximum absolute atomic E-state index is 10.3. The average Bonchev–Trinajstić information content (AvgIpc) is 3.12. The summed E-state index contributed by atoms with van der Waals surface area (Å²) in [6, 6.07) is 0. The molecule has 19 heavy (non-hydrogen) atoms. The van der Waals surface area contributed by atoms with E-state index in [1.807, 2.05) is 0 Å². The van der Waals surface area contributed by atoms with Gasteiger partial charge < -0.3 is 9.84 Å². The third-order valence-electron chi connectivity index (χ3n) is 3.91. The number of hydrogen-bond acceptors (Lipinski definition) is 2. The normalized spacial score (nSPS) is 21.5. The molecule has 2 atom stereocenters. The van der Waals surface area contributed by atoms with Crippen LogP contribution in [0.5, 0.6) is 0 Å². The maximum atomic E-state index is 10.3. The van der Waals surface area contributed by atoms with Gasteiger partial charge in [0.1, 0.15) is 0 Å². The lowest BCUT2D eigenvalue weighted by atomic mass is 10.0. The number of carboxylic acid groups (broad SMARTS) is 1. The number of carboxylic acids is 1. The Morgan fingerprint density at radius 2 is 1.42 bits per heavy atom. The number of carbonyl (C=O) groups is 1. The van der Waals surface area contributed by atoms with Crippen LogP contribution in [0.3, 0.4) is 0 Å². The first kappa shape index (κ1) is 16.5. The SMILES string of the molecule is CCCCCC[C@@H]1O[C@@H]1CCCCCCCC(=O)O.